The third-order valence-electron chi connectivity index (χ3n) is 2.24. The van der Waals surface area contributed by atoms with E-state index in [2.05, 4.69) is 13.8 Å². The first-order chi connectivity index (χ1) is 6.19. The molecule has 1 aromatic rings. The first-order valence-corrected chi connectivity index (χ1v) is 4.51. The first kappa shape index (κ1) is 9.93. The maximum Gasteiger partial charge on any atom is 0.176 e. The van der Waals surface area contributed by atoms with Crippen molar-refractivity contribution >= 4 is 5.78 Å². The molecule has 0 radical (unpaired) electrons. The van der Waals surface area contributed by atoms with Crippen molar-refractivity contribution < 1.29 is 4.79 Å². The smallest absolute Gasteiger partial charge is 0.176 e. The van der Waals surface area contributed by atoms with Crippen molar-refractivity contribution in [3.8, 4) is 0 Å². The molecule has 0 aliphatic heterocycles. The number of benzene rings is 1. The Kier molecular flexibility index (Phi) is 3.20. The van der Waals surface area contributed by atoms with E-state index in [9.17, 15) is 4.79 Å². The van der Waals surface area contributed by atoms with E-state index in [1.165, 1.54) is 11.1 Å². The molecule has 0 amide bonds. The van der Waals surface area contributed by atoms with Crippen LogP contribution in [0.1, 0.15) is 28.4 Å². The maximum atomic E-state index is 11.3. The summed E-state index contributed by atoms with van der Waals surface area (Å²) in [5.74, 6) is 0.00898. The molecule has 0 aromatic heterocycles. The number of Topliss-reactive ketones (excluding diaryl/α,β-unsaturated/α-hetero) is 1. The van der Waals surface area contributed by atoms with E-state index in [0.29, 0.717) is 0 Å². The highest BCUT2D eigenvalue weighted by Gasteiger charge is 2.04. The number of aryl methyl sites for hydroxylation is 2. The summed E-state index contributed by atoms with van der Waals surface area (Å²) < 4.78 is 0. The van der Waals surface area contributed by atoms with Crippen molar-refractivity contribution in [2.24, 2.45) is 5.73 Å². The number of carbonyl (C=O) groups excluding carboxylic acids is 1. The Labute approximate surface area is 78.8 Å². The molecule has 1 rings (SSSR count). The molecule has 0 aliphatic carbocycles. The van der Waals surface area contributed by atoms with Gasteiger partial charge >= 0.3 is 0 Å². The zero-order valence-corrected chi connectivity index (χ0v) is 8.13. The molecule has 1 aromatic carbocycles. The normalized spacial score (nSPS) is 10.1. The summed E-state index contributed by atoms with van der Waals surface area (Å²) in [6, 6.07) is 5.75. The summed E-state index contributed by atoms with van der Waals surface area (Å²) in [5, 5.41) is 0. The highest BCUT2D eigenvalue weighted by atomic mass is 16.1. The average molecular weight is 177 g/mol. The summed E-state index contributed by atoms with van der Waals surface area (Å²) in [6.07, 6.45) is 0.956. The van der Waals surface area contributed by atoms with Crippen LogP contribution >= 0.6 is 0 Å². The molecule has 2 heteroatoms. The SMILES string of the molecule is CCc1cc(C(=O)CN)ccc1C. The van der Waals surface area contributed by atoms with Gasteiger partial charge in [0, 0.05) is 5.56 Å². The van der Waals surface area contributed by atoms with Gasteiger partial charge in [-0.05, 0) is 30.5 Å². The Morgan fingerprint density at radius 1 is 1.46 bits per heavy atom. The van der Waals surface area contributed by atoms with E-state index >= 15 is 0 Å². The van der Waals surface area contributed by atoms with Crippen LogP contribution in [0, 0.1) is 6.92 Å². The standard InChI is InChI=1S/C11H15NO/c1-3-9-6-10(11(13)7-12)5-4-8(9)2/h4-6H,3,7,12H2,1-2H3. The summed E-state index contributed by atoms with van der Waals surface area (Å²) in [5.41, 5.74) is 8.46. The molecule has 2 N–H and O–H groups in total. The Morgan fingerprint density at radius 3 is 2.69 bits per heavy atom. The number of hydrogen-bond donors (Lipinski definition) is 1. The van der Waals surface area contributed by atoms with Gasteiger partial charge in [-0.1, -0.05) is 19.1 Å². The van der Waals surface area contributed by atoms with Gasteiger partial charge in [-0.25, -0.2) is 0 Å². The Morgan fingerprint density at radius 2 is 2.15 bits per heavy atom. The minimum Gasteiger partial charge on any atom is -0.324 e. The van der Waals surface area contributed by atoms with Crippen molar-refractivity contribution in [2.75, 3.05) is 6.54 Å². The molecule has 0 bridgehead atoms. The van der Waals surface area contributed by atoms with Crippen molar-refractivity contribution in [1.29, 1.82) is 0 Å². The van der Waals surface area contributed by atoms with Crippen LogP contribution in [0.5, 0.6) is 0 Å². The lowest BCUT2D eigenvalue weighted by Crippen LogP contribution is -2.13. The van der Waals surface area contributed by atoms with Crippen LogP contribution in [0.4, 0.5) is 0 Å². The van der Waals surface area contributed by atoms with Gasteiger partial charge in [0.15, 0.2) is 5.78 Å². The second-order valence-electron chi connectivity index (χ2n) is 3.12. The van der Waals surface area contributed by atoms with E-state index in [4.69, 9.17) is 5.73 Å². The van der Waals surface area contributed by atoms with E-state index in [1.807, 2.05) is 18.2 Å². The van der Waals surface area contributed by atoms with Crippen LogP contribution in [-0.4, -0.2) is 12.3 Å². The zero-order valence-electron chi connectivity index (χ0n) is 8.13. The molecule has 0 spiro atoms. The fourth-order valence-corrected chi connectivity index (χ4v) is 1.34. The topological polar surface area (TPSA) is 43.1 Å². The third-order valence-corrected chi connectivity index (χ3v) is 2.24. The first-order valence-electron chi connectivity index (χ1n) is 4.51. The van der Waals surface area contributed by atoms with Crippen molar-refractivity contribution in [2.45, 2.75) is 20.3 Å². The minimum absolute atomic E-state index is 0.00898. The lowest BCUT2D eigenvalue weighted by Gasteiger charge is -2.04. The predicted molar refractivity (Wildman–Crippen MR) is 53.9 cm³/mol. The number of ketones is 1. The monoisotopic (exact) mass is 177 g/mol. The third kappa shape index (κ3) is 2.16. The van der Waals surface area contributed by atoms with E-state index in [-0.39, 0.29) is 12.3 Å². The summed E-state index contributed by atoms with van der Waals surface area (Å²) in [4.78, 5) is 11.3. The molecule has 0 aliphatic rings. The van der Waals surface area contributed by atoms with Crippen LogP contribution in [0.2, 0.25) is 0 Å². The molecule has 0 saturated heterocycles. The summed E-state index contributed by atoms with van der Waals surface area (Å²) in [7, 11) is 0. The molecule has 0 fully saturated rings. The predicted octanol–water partition coefficient (Wildman–Crippen LogP) is 1.70. The maximum absolute atomic E-state index is 11.3. The van der Waals surface area contributed by atoms with Crippen LogP contribution in [0.25, 0.3) is 0 Å². The highest BCUT2D eigenvalue weighted by Crippen LogP contribution is 2.11. The molecular formula is C11H15NO. The lowest BCUT2D eigenvalue weighted by molar-refractivity contribution is 0.100. The van der Waals surface area contributed by atoms with E-state index < -0.39 is 0 Å². The minimum atomic E-state index is 0.00898. The molecule has 13 heavy (non-hydrogen) atoms. The molecule has 70 valence electrons. The zero-order chi connectivity index (χ0) is 9.84. The van der Waals surface area contributed by atoms with E-state index in [1.54, 1.807) is 0 Å². The van der Waals surface area contributed by atoms with Crippen LogP contribution in [0.3, 0.4) is 0 Å². The largest absolute Gasteiger partial charge is 0.324 e. The van der Waals surface area contributed by atoms with Gasteiger partial charge < -0.3 is 5.73 Å². The Balaban J connectivity index is 3.06. The second-order valence-corrected chi connectivity index (χ2v) is 3.12. The molecule has 0 atom stereocenters. The van der Waals surface area contributed by atoms with Crippen molar-refractivity contribution in [1.82, 2.24) is 0 Å². The number of rotatable bonds is 3. The van der Waals surface area contributed by atoms with Crippen LogP contribution < -0.4 is 5.73 Å². The van der Waals surface area contributed by atoms with Crippen molar-refractivity contribution in [3.05, 3.63) is 34.9 Å². The molecule has 2 nitrogen and oxygen atoms in total. The highest BCUT2D eigenvalue weighted by molar-refractivity contribution is 5.97. The fourth-order valence-electron chi connectivity index (χ4n) is 1.34. The van der Waals surface area contributed by atoms with Crippen molar-refractivity contribution in [3.63, 3.8) is 0 Å². The van der Waals surface area contributed by atoms with Gasteiger partial charge in [-0.3, -0.25) is 4.79 Å². The number of carbonyl (C=O) groups is 1. The Hall–Kier alpha value is -1.15. The molecule has 0 unspecified atom stereocenters. The van der Waals surface area contributed by atoms with Gasteiger partial charge in [0.2, 0.25) is 0 Å². The number of hydrogen-bond acceptors (Lipinski definition) is 2. The van der Waals surface area contributed by atoms with Gasteiger partial charge in [0.05, 0.1) is 6.54 Å². The number of nitrogens with two attached hydrogens (primary N) is 1. The van der Waals surface area contributed by atoms with Gasteiger partial charge in [-0.15, -0.1) is 0 Å². The quantitative estimate of drug-likeness (QED) is 0.714. The van der Waals surface area contributed by atoms with Gasteiger partial charge in [0.25, 0.3) is 0 Å². The lowest BCUT2D eigenvalue weighted by atomic mass is 10.0. The molecular weight excluding hydrogens is 162 g/mol. The molecule has 0 saturated carbocycles. The average Bonchev–Trinajstić information content (AvgIpc) is 2.17. The fraction of sp³-hybridized carbons (Fsp3) is 0.364. The van der Waals surface area contributed by atoms with Crippen LogP contribution in [0.15, 0.2) is 18.2 Å². The second kappa shape index (κ2) is 4.19. The Bertz CT molecular complexity index is 318. The van der Waals surface area contributed by atoms with Gasteiger partial charge in [-0.2, -0.15) is 0 Å². The van der Waals surface area contributed by atoms with Crippen LogP contribution in [-0.2, 0) is 6.42 Å². The summed E-state index contributed by atoms with van der Waals surface area (Å²) in [6.45, 7) is 4.22. The summed E-state index contributed by atoms with van der Waals surface area (Å²) >= 11 is 0. The van der Waals surface area contributed by atoms with E-state index in [0.717, 1.165) is 12.0 Å². The molecule has 0 heterocycles. The van der Waals surface area contributed by atoms with Gasteiger partial charge in [0.1, 0.15) is 0 Å².